The Balaban J connectivity index is 1.25. The fourth-order valence-corrected chi connectivity index (χ4v) is 4.56. The minimum absolute atomic E-state index is 0.262. The van der Waals surface area contributed by atoms with Crippen molar-refractivity contribution < 1.29 is 9.21 Å². The molecular weight excluding hydrogens is 452 g/mol. The third-order valence-corrected chi connectivity index (χ3v) is 6.53. The number of anilines is 2. The minimum Gasteiger partial charge on any atom is -0.445 e. The molecule has 180 valence electrons. The number of rotatable bonds is 5. The summed E-state index contributed by atoms with van der Waals surface area (Å²) in [6.07, 6.45) is 4.93. The summed E-state index contributed by atoms with van der Waals surface area (Å²) in [6, 6.07) is 20.1. The molecule has 2 N–H and O–H groups in total. The number of carbonyl (C=O) groups is 1. The first-order chi connectivity index (χ1) is 17.7. The number of aryl methyl sites for hydroxylation is 1. The molecule has 8 nitrogen and oxygen atoms in total. The average molecular weight is 479 g/mol. The maximum atomic E-state index is 13.0. The normalized spacial score (nSPS) is 13.8. The van der Waals surface area contributed by atoms with Gasteiger partial charge in [-0.3, -0.25) is 4.79 Å². The lowest BCUT2D eigenvalue weighted by Gasteiger charge is -2.29. The van der Waals surface area contributed by atoms with Gasteiger partial charge in [0.25, 0.3) is 5.91 Å². The molecule has 0 atom stereocenters. The van der Waals surface area contributed by atoms with E-state index in [1.165, 1.54) is 12.0 Å². The lowest BCUT2D eigenvalue weighted by Crippen LogP contribution is -2.43. The maximum absolute atomic E-state index is 13.0. The monoisotopic (exact) mass is 478 g/mol. The van der Waals surface area contributed by atoms with Gasteiger partial charge in [-0.1, -0.05) is 12.1 Å². The van der Waals surface area contributed by atoms with Gasteiger partial charge in [0, 0.05) is 60.6 Å². The Hall–Kier alpha value is -4.43. The Bertz CT molecular complexity index is 1500. The molecule has 1 aliphatic rings. The Kier molecular flexibility index (Phi) is 5.71. The van der Waals surface area contributed by atoms with Crippen LogP contribution in [0.15, 0.2) is 83.7 Å². The summed E-state index contributed by atoms with van der Waals surface area (Å²) in [5.41, 5.74) is 6.92. The van der Waals surface area contributed by atoms with Crippen LogP contribution in [0.4, 0.5) is 11.4 Å². The molecule has 1 aliphatic heterocycles. The van der Waals surface area contributed by atoms with Gasteiger partial charge in [-0.2, -0.15) is 0 Å². The van der Waals surface area contributed by atoms with E-state index in [-0.39, 0.29) is 5.91 Å². The second kappa shape index (κ2) is 9.31. The van der Waals surface area contributed by atoms with E-state index in [4.69, 9.17) is 9.40 Å². The lowest BCUT2D eigenvalue weighted by atomic mass is 10.1. The molecule has 0 aliphatic carbocycles. The number of piperazine rings is 1. The number of amides is 1. The highest BCUT2D eigenvalue weighted by Gasteiger charge is 2.16. The van der Waals surface area contributed by atoms with Crippen molar-refractivity contribution in [3.8, 4) is 22.6 Å². The number of oxazole rings is 1. The quantitative estimate of drug-likeness (QED) is 0.383. The fraction of sp³-hybridized carbons (Fsp3) is 0.179. The van der Waals surface area contributed by atoms with Gasteiger partial charge in [0.1, 0.15) is 17.6 Å². The molecule has 0 radical (unpaired) electrons. The average Bonchev–Trinajstić information content (AvgIpc) is 3.62. The second-order valence-corrected chi connectivity index (χ2v) is 8.86. The van der Waals surface area contributed by atoms with E-state index in [1.54, 1.807) is 12.4 Å². The van der Waals surface area contributed by atoms with Gasteiger partial charge in [-0.25, -0.2) is 9.97 Å². The number of hydrogen-bond acceptors (Lipinski definition) is 6. The van der Waals surface area contributed by atoms with Crippen LogP contribution in [0.25, 0.3) is 28.2 Å². The molecule has 1 fully saturated rings. The van der Waals surface area contributed by atoms with Crippen molar-refractivity contribution in [3.63, 3.8) is 0 Å². The first kappa shape index (κ1) is 22.1. The zero-order valence-corrected chi connectivity index (χ0v) is 19.9. The van der Waals surface area contributed by atoms with E-state index in [0.717, 1.165) is 54.2 Å². The van der Waals surface area contributed by atoms with Gasteiger partial charge in [0.05, 0.1) is 6.20 Å². The molecular formula is C28H26N6O2. The van der Waals surface area contributed by atoms with Crippen molar-refractivity contribution in [2.75, 3.05) is 36.4 Å². The highest BCUT2D eigenvalue weighted by atomic mass is 16.3. The lowest BCUT2D eigenvalue weighted by molar-refractivity contribution is 0.102. The Morgan fingerprint density at radius 1 is 0.972 bits per heavy atom. The largest absolute Gasteiger partial charge is 0.445 e. The van der Waals surface area contributed by atoms with Crippen LogP contribution in [0.1, 0.15) is 16.2 Å². The summed E-state index contributed by atoms with van der Waals surface area (Å²) < 4.78 is 7.30. The molecule has 36 heavy (non-hydrogen) atoms. The van der Waals surface area contributed by atoms with Gasteiger partial charge >= 0.3 is 0 Å². The Labute approximate surface area is 208 Å². The number of fused-ring (bicyclic) bond motifs is 1. The number of carbonyl (C=O) groups excluding carboxylic acids is 1. The van der Waals surface area contributed by atoms with Crippen LogP contribution in [0.2, 0.25) is 0 Å². The molecule has 3 aromatic heterocycles. The predicted molar refractivity (Wildman–Crippen MR) is 140 cm³/mol. The second-order valence-electron chi connectivity index (χ2n) is 8.86. The van der Waals surface area contributed by atoms with E-state index in [0.29, 0.717) is 17.3 Å². The molecule has 0 bridgehead atoms. The van der Waals surface area contributed by atoms with Crippen LogP contribution in [0, 0.1) is 6.92 Å². The summed E-state index contributed by atoms with van der Waals surface area (Å²) in [4.78, 5) is 24.3. The third-order valence-electron chi connectivity index (χ3n) is 6.53. The third kappa shape index (κ3) is 4.23. The van der Waals surface area contributed by atoms with Crippen molar-refractivity contribution in [1.82, 2.24) is 19.7 Å². The van der Waals surface area contributed by atoms with Crippen molar-refractivity contribution in [1.29, 1.82) is 0 Å². The number of pyridine rings is 1. The zero-order chi connectivity index (χ0) is 24.5. The van der Waals surface area contributed by atoms with Crippen molar-refractivity contribution in [3.05, 3.63) is 90.7 Å². The van der Waals surface area contributed by atoms with Gasteiger partial charge in [-0.05, 0) is 61.0 Å². The van der Waals surface area contributed by atoms with Crippen LogP contribution in [0.3, 0.4) is 0 Å². The molecule has 4 heterocycles. The van der Waals surface area contributed by atoms with E-state index in [2.05, 4.69) is 56.9 Å². The van der Waals surface area contributed by atoms with Gasteiger partial charge < -0.3 is 24.4 Å². The molecule has 0 saturated carbocycles. The summed E-state index contributed by atoms with van der Waals surface area (Å²) in [7, 11) is 0. The molecule has 1 saturated heterocycles. The SMILES string of the molecule is Cc1ccc(-c2ccc(N3CCNCC3)cc2)c2nc(C(=O)Nc3ccc(-c4ncco4)cc3)cn12. The standard InChI is InChI=1S/C28H26N6O2/c1-19-2-11-24(20-5-9-23(10-6-20)33-15-12-29-13-16-33)26-32-25(18-34(19)26)27(35)31-22-7-3-21(4-8-22)28-30-14-17-36-28/h2-11,14,17-18,29H,12-13,15-16H2,1H3,(H,31,35). The smallest absolute Gasteiger partial charge is 0.275 e. The summed E-state index contributed by atoms with van der Waals surface area (Å²) >= 11 is 0. The van der Waals surface area contributed by atoms with Gasteiger partial charge in [0.15, 0.2) is 0 Å². The Morgan fingerprint density at radius 2 is 1.72 bits per heavy atom. The van der Waals surface area contributed by atoms with E-state index < -0.39 is 0 Å². The summed E-state index contributed by atoms with van der Waals surface area (Å²) in [5.74, 6) is 0.277. The number of nitrogens with one attached hydrogen (secondary N) is 2. The first-order valence-electron chi connectivity index (χ1n) is 12.0. The van der Waals surface area contributed by atoms with Crippen molar-refractivity contribution in [2.45, 2.75) is 6.92 Å². The molecule has 8 heteroatoms. The predicted octanol–water partition coefficient (Wildman–Crippen LogP) is 4.63. The number of imidazole rings is 1. The van der Waals surface area contributed by atoms with E-state index in [9.17, 15) is 4.79 Å². The minimum atomic E-state index is -0.262. The van der Waals surface area contributed by atoms with Crippen LogP contribution in [-0.2, 0) is 0 Å². The van der Waals surface area contributed by atoms with Gasteiger partial charge in [-0.15, -0.1) is 0 Å². The number of nitrogens with zero attached hydrogens (tertiary/aromatic N) is 4. The molecule has 2 aromatic carbocycles. The molecule has 0 spiro atoms. The molecule has 0 unspecified atom stereocenters. The topological polar surface area (TPSA) is 87.7 Å². The van der Waals surface area contributed by atoms with Crippen LogP contribution in [0.5, 0.6) is 0 Å². The van der Waals surface area contributed by atoms with Crippen LogP contribution < -0.4 is 15.5 Å². The number of benzene rings is 2. The number of hydrogen-bond donors (Lipinski definition) is 2. The zero-order valence-electron chi connectivity index (χ0n) is 19.9. The van der Waals surface area contributed by atoms with Crippen LogP contribution >= 0.6 is 0 Å². The molecule has 1 amide bonds. The maximum Gasteiger partial charge on any atom is 0.275 e. The number of aromatic nitrogens is 3. The fourth-order valence-electron chi connectivity index (χ4n) is 4.56. The summed E-state index contributed by atoms with van der Waals surface area (Å²) in [5, 5.41) is 6.33. The highest BCUT2D eigenvalue weighted by molar-refractivity contribution is 6.03. The van der Waals surface area contributed by atoms with E-state index in [1.807, 2.05) is 35.6 Å². The molecule has 5 aromatic rings. The van der Waals surface area contributed by atoms with E-state index >= 15 is 0 Å². The molecule has 6 rings (SSSR count). The Morgan fingerprint density at radius 3 is 2.44 bits per heavy atom. The first-order valence-corrected chi connectivity index (χ1v) is 12.0. The summed E-state index contributed by atoms with van der Waals surface area (Å²) in [6.45, 7) is 6.04. The highest BCUT2D eigenvalue weighted by Crippen LogP contribution is 2.28. The van der Waals surface area contributed by atoms with Crippen LogP contribution in [-0.4, -0.2) is 46.5 Å². The van der Waals surface area contributed by atoms with Crippen molar-refractivity contribution in [2.24, 2.45) is 0 Å². The van der Waals surface area contributed by atoms with Crippen molar-refractivity contribution >= 4 is 22.9 Å². The van der Waals surface area contributed by atoms with Gasteiger partial charge in [0.2, 0.25) is 5.89 Å².